The lowest BCUT2D eigenvalue weighted by molar-refractivity contribution is 0.102. The highest BCUT2D eigenvalue weighted by molar-refractivity contribution is 6.08. The van der Waals surface area contributed by atoms with Crippen molar-refractivity contribution in [3.05, 3.63) is 70.9 Å². The first kappa shape index (κ1) is 16.8. The molecule has 0 spiro atoms. The van der Waals surface area contributed by atoms with Crippen molar-refractivity contribution >= 4 is 17.3 Å². The number of carbonyl (C=O) groups excluding carboxylic acids is 1. The number of anilines is 2. The Hall–Kier alpha value is -3.57. The van der Waals surface area contributed by atoms with Gasteiger partial charge in [-0.15, -0.1) is 0 Å². The normalized spacial score (nSPS) is 9.33. The minimum Gasteiger partial charge on any atom is -0.359 e. The van der Waals surface area contributed by atoms with E-state index in [4.69, 9.17) is 10.5 Å². The molecule has 2 rings (SSSR count). The van der Waals surface area contributed by atoms with Gasteiger partial charge in [-0.2, -0.15) is 10.5 Å². The van der Waals surface area contributed by atoms with Gasteiger partial charge in [-0.05, 0) is 37.6 Å². The smallest absolute Gasteiger partial charge is 0.257 e. The lowest BCUT2D eigenvalue weighted by Crippen LogP contribution is -2.14. The van der Waals surface area contributed by atoms with Crippen LogP contribution in [0.5, 0.6) is 0 Å². The highest BCUT2D eigenvalue weighted by Crippen LogP contribution is 2.20. The van der Waals surface area contributed by atoms with Crippen LogP contribution in [-0.4, -0.2) is 5.91 Å². The topological polar surface area (TPSA) is 88.7 Å². The number of benzene rings is 2. The molecule has 0 saturated carbocycles. The van der Waals surface area contributed by atoms with E-state index in [2.05, 4.69) is 10.6 Å². The molecule has 2 N–H and O–H groups in total. The van der Waals surface area contributed by atoms with Crippen molar-refractivity contribution in [2.45, 2.75) is 13.8 Å². The molecule has 0 aliphatic carbocycles. The molecule has 5 heteroatoms. The lowest BCUT2D eigenvalue weighted by atomic mass is 10.1. The molecule has 0 aliphatic rings. The molecule has 0 bridgehead atoms. The van der Waals surface area contributed by atoms with Gasteiger partial charge in [0.2, 0.25) is 0 Å². The van der Waals surface area contributed by atoms with Crippen LogP contribution in [0.15, 0.2) is 54.2 Å². The van der Waals surface area contributed by atoms with Crippen molar-refractivity contribution < 1.29 is 4.79 Å². The van der Waals surface area contributed by atoms with Crippen LogP contribution in [0.1, 0.15) is 21.5 Å². The van der Waals surface area contributed by atoms with E-state index in [1.54, 1.807) is 36.4 Å². The van der Waals surface area contributed by atoms with Gasteiger partial charge in [-0.3, -0.25) is 4.79 Å². The highest BCUT2D eigenvalue weighted by atomic mass is 16.1. The van der Waals surface area contributed by atoms with Crippen LogP contribution in [0.3, 0.4) is 0 Å². The molecule has 0 saturated heterocycles. The number of hydrogen-bond donors (Lipinski definition) is 2. The molecule has 0 unspecified atom stereocenters. The van der Waals surface area contributed by atoms with Gasteiger partial charge in [0, 0.05) is 11.9 Å². The number of para-hydroxylation sites is 1. The number of nitrogens with zero attached hydrogens (tertiary/aromatic N) is 2. The van der Waals surface area contributed by atoms with Crippen molar-refractivity contribution in [2.24, 2.45) is 0 Å². The molecular formula is C19H16N4O. The number of allylic oxidation sites excluding steroid dienone is 1. The van der Waals surface area contributed by atoms with E-state index in [1.807, 2.05) is 32.0 Å². The predicted octanol–water partition coefficient (Wildman–Crippen LogP) is 3.90. The standard InChI is InChI=1S/C19H16N4O/c1-13-7-8-17(14(2)9-13)23-19(24)16-5-3-4-6-18(16)22-12-15(10-20)11-21/h3-9,12,22H,1-2H3,(H,23,24). The molecule has 1 amide bonds. The van der Waals surface area contributed by atoms with E-state index in [0.717, 1.165) is 16.8 Å². The van der Waals surface area contributed by atoms with Crippen molar-refractivity contribution in [3.8, 4) is 12.1 Å². The Morgan fingerprint density at radius 2 is 1.75 bits per heavy atom. The number of rotatable bonds is 4. The largest absolute Gasteiger partial charge is 0.359 e. The molecule has 0 atom stereocenters. The summed E-state index contributed by atoms with van der Waals surface area (Å²) in [5.41, 5.74) is 3.71. The second kappa shape index (κ2) is 7.62. The molecule has 2 aromatic carbocycles. The van der Waals surface area contributed by atoms with Crippen LogP contribution >= 0.6 is 0 Å². The fourth-order valence-electron chi connectivity index (χ4n) is 2.19. The minimum absolute atomic E-state index is 0.0698. The van der Waals surface area contributed by atoms with Gasteiger partial charge >= 0.3 is 0 Å². The summed E-state index contributed by atoms with van der Waals surface area (Å²) in [5, 5.41) is 23.3. The molecule has 2 aromatic rings. The Balaban J connectivity index is 2.26. The average molecular weight is 316 g/mol. The van der Waals surface area contributed by atoms with Gasteiger partial charge in [0.25, 0.3) is 5.91 Å². The Morgan fingerprint density at radius 1 is 1.04 bits per heavy atom. The first-order chi connectivity index (χ1) is 11.5. The van der Waals surface area contributed by atoms with E-state index in [9.17, 15) is 4.79 Å². The van der Waals surface area contributed by atoms with Crippen molar-refractivity contribution in [2.75, 3.05) is 10.6 Å². The molecular weight excluding hydrogens is 300 g/mol. The molecule has 5 nitrogen and oxygen atoms in total. The number of nitrogens with one attached hydrogen (secondary N) is 2. The number of carbonyl (C=O) groups is 1. The van der Waals surface area contributed by atoms with Crippen molar-refractivity contribution in [1.29, 1.82) is 10.5 Å². The molecule has 0 aliphatic heterocycles. The van der Waals surface area contributed by atoms with E-state index in [1.165, 1.54) is 6.20 Å². The zero-order valence-corrected chi connectivity index (χ0v) is 13.4. The van der Waals surface area contributed by atoms with Crippen molar-refractivity contribution in [1.82, 2.24) is 0 Å². The van der Waals surface area contributed by atoms with Crippen LogP contribution in [-0.2, 0) is 0 Å². The van der Waals surface area contributed by atoms with Crippen LogP contribution in [0.2, 0.25) is 0 Å². The van der Waals surface area contributed by atoms with Crippen LogP contribution < -0.4 is 10.6 Å². The van der Waals surface area contributed by atoms with Gasteiger partial charge in [-0.1, -0.05) is 29.8 Å². The van der Waals surface area contributed by atoms with Crippen LogP contribution in [0, 0.1) is 36.5 Å². The quantitative estimate of drug-likeness (QED) is 0.837. The second-order valence-electron chi connectivity index (χ2n) is 5.24. The third-order valence-corrected chi connectivity index (χ3v) is 3.41. The first-order valence-electron chi connectivity index (χ1n) is 7.29. The number of amides is 1. The molecule has 0 aromatic heterocycles. The van der Waals surface area contributed by atoms with E-state index in [-0.39, 0.29) is 11.5 Å². The van der Waals surface area contributed by atoms with Gasteiger partial charge in [0.15, 0.2) is 0 Å². The van der Waals surface area contributed by atoms with Gasteiger partial charge < -0.3 is 10.6 Å². The summed E-state index contributed by atoms with van der Waals surface area (Å²) in [6.07, 6.45) is 1.28. The van der Waals surface area contributed by atoms with Crippen molar-refractivity contribution in [3.63, 3.8) is 0 Å². The Bertz CT molecular complexity index is 869. The third-order valence-electron chi connectivity index (χ3n) is 3.41. The average Bonchev–Trinajstić information content (AvgIpc) is 2.58. The van der Waals surface area contributed by atoms with E-state index < -0.39 is 0 Å². The second-order valence-corrected chi connectivity index (χ2v) is 5.24. The van der Waals surface area contributed by atoms with Crippen LogP contribution in [0.25, 0.3) is 0 Å². The molecule has 24 heavy (non-hydrogen) atoms. The molecule has 118 valence electrons. The Kier molecular flexibility index (Phi) is 5.33. The Labute approximate surface area is 140 Å². The number of nitriles is 2. The summed E-state index contributed by atoms with van der Waals surface area (Å²) in [5.74, 6) is -0.270. The Morgan fingerprint density at radius 3 is 2.42 bits per heavy atom. The number of hydrogen-bond acceptors (Lipinski definition) is 4. The zero-order chi connectivity index (χ0) is 17.5. The van der Waals surface area contributed by atoms with Gasteiger partial charge in [0.1, 0.15) is 17.7 Å². The summed E-state index contributed by atoms with van der Waals surface area (Å²) < 4.78 is 0. The maximum absolute atomic E-state index is 12.6. The predicted molar refractivity (Wildman–Crippen MR) is 93.2 cm³/mol. The first-order valence-corrected chi connectivity index (χ1v) is 7.29. The fourth-order valence-corrected chi connectivity index (χ4v) is 2.19. The minimum atomic E-state index is -0.270. The maximum Gasteiger partial charge on any atom is 0.257 e. The summed E-state index contributed by atoms with van der Waals surface area (Å²) in [7, 11) is 0. The summed E-state index contributed by atoms with van der Waals surface area (Å²) in [4.78, 5) is 12.6. The SMILES string of the molecule is Cc1ccc(NC(=O)c2ccccc2NC=C(C#N)C#N)c(C)c1. The maximum atomic E-state index is 12.6. The molecule has 0 fully saturated rings. The van der Waals surface area contributed by atoms with E-state index >= 15 is 0 Å². The number of aryl methyl sites for hydroxylation is 2. The van der Waals surface area contributed by atoms with E-state index in [0.29, 0.717) is 11.3 Å². The van der Waals surface area contributed by atoms with Gasteiger partial charge in [0.05, 0.1) is 11.3 Å². The summed E-state index contributed by atoms with van der Waals surface area (Å²) in [6, 6.07) is 16.2. The zero-order valence-electron chi connectivity index (χ0n) is 13.4. The summed E-state index contributed by atoms with van der Waals surface area (Å²) >= 11 is 0. The molecule has 0 radical (unpaired) electrons. The fraction of sp³-hybridized carbons (Fsp3) is 0.105. The molecule has 0 heterocycles. The highest BCUT2D eigenvalue weighted by Gasteiger charge is 2.12. The monoisotopic (exact) mass is 316 g/mol. The summed E-state index contributed by atoms with van der Waals surface area (Å²) in [6.45, 7) is 3.92. The lowest BCUT2D eigenvalue weighted by Gasteiger charge is -2.12. The third kappa shape index (κ3) is 4.00. The van der Waals surface area contributed by atoms with Crippen LogP contribution in [0.4, 0.5) is 11.4 Å². The van der Waals surface area contributed by atoms with Gasteiger partial charge in [-0.25, -0.2) is 0 Å².